The summed E-state index contributed by atoms with van der Waals surface area (Å²) in [4.78, 5) is 25.3. The third kappa shape index (κ3) is 3.79. The summed E-state index contributed by atoms with van der Waals surface area (Å²) in [5, 5.41) is 5.43. The Hall–Kier alpha value is -3.02. The summed E-state index contributed by atoms with van der Waals surface area (Å²) in [7, 11) is 0. The van der Waals surface area contributed by atoms with E-state index in [1.165, 1.54) is 0 Å². The quantitative estimate of drug-likeness (QED) is 0.912. The molecule has 0 saturated carbocycles. The first-order valence-corrected chi connectivity index (χ1v) is 7.35. The van der Waals surface area contributed by atoms with Gasteiger partial charge < -0.3 is 15.4 Å². The van der Waals surface area contributed by atoms with Crippen LogP contribution < -0.4 is 15.5 Å². The van der Waals surface area contributed by atoms with Crippen molar-refractivity contribution in [1.82, 2.24) is 5.32 Å². The van der Waals surface area contributed by atoms with Gasteiger partial charge in [-0.2, -0.15) is 0 Å². The zero-order chi connectivity index (χ0) is 16.1. The first-order valence-electron chi connectivity index (χ1n) is 7.35. The molecule has 3 rings (SSSR count). The van der Waals surface area contributed by atoms with Crippen molar-refractivity contribution in [2.45, 2.75) is 6.10 Å². The average molecular weight is 311 g/mol. The van der Waals surface area contributed by atoms with E-state index in [9.17, 15) is 9.59 Å². The summed E-state index contributed by atoms with van der Waals surface area (Å²) in [5.74, 6) is 0. The van der Waals surface area contributed by atoms with Crippen LogP contribution in [0.4, 0.5) is 21.0 Å². The number of carbonyl (C=O) groups excluding carboxylic acids is 2. The van der Waals surface area contributed by atoms with Crippen LogP contribution in [0.1, 0.15) is 0 Å². The maximum absolute atomic E-state index is 11.9. The second kappa shape index (κ2) is 6.83. The van der Waals surface area contributed by atoms with Gasteiger partial charge in [0.1, 0.15) is 6.10 Å². The number of nitrogens with zero attached hydrogens (tertiary/aromatic N) is 1. The highest BCUT2D eigenvalue weighted by atomic mass is 16.6. The molecule has 6 heteroatoms. The van der Waals surface area contributed by atoms with Gasteiger partial charge in [0.2, 0.25) is 0 Å². The molecule has 0 spiro atoms. The number of cyclic esters (lactones) is 1. The lowest BCUT2D eigenvalue weighted by Crippen LogP contribution is -2.37. The highest BCUT2D eigenvalue weighted by Gasteiger charge is 2.32. The van der Waals surface area contributed by atoms with E-state index >= 15 is 0 Å². The van der Waals surface area contributed by atoms with Crippen LogP contribution in [0.25, 0.3) is 0 Å². The number of carbonyl (C=O) groups is 2. The second-order valence-corrected chi connectivity index (χ2v) is 5.15. The van der Waals surface area contributed by atoms with Crippen molar-refractivity contribution in [2.24, 2.45) is 0 Å². The number of hydrogen-bond donors (Lipinski definition) is 2. The maximum Gasteiger partial charge on any atom is 0.414 e. The molecule has 1 heterocycles. The van der Waals surface area contributed by atoms with E-state index in [0.717, 1.165) is 5.69 Å². The molecule has 0 aromatic heterocycles. The van der Waals surface area contributed by atoms with Gasteiger partial charge in [-0.3, -0.25) is 4.90 Å². The predicted octanol–water partition coefficient (Wildman–Crippen LogP) is 2.83. The number of hydrogen-bond acceptors (Lipinski definition) is 3. The molecule has 1 aliphatic heterocycles. The molecule has 2 aromatic carbocycles. The van der Waals surface area contributed by atoms with E-state index in [1.54, 1.807) is 17.0 Å². The smallest absolute Gasteiger partial charge is 0.414 e. The Balaban J connectivity index is 1.50. The summed E-state index contributed by atoms with van der Waals surface area (Å²) in [6.45, 7) is 0.669. The van der Waals surface area contributed by atoms with Crippen LogP contribution in [0.3, 0.4) is 0 Å². The summed E-state index contributed by atoms with van der Waals surface area (Å²) >= 11 is 0. The van der Waals surface area contributed by atoms with Crippen molar-refractivity contribution in [1.29, 1.82) is 0 Å². The average Bonchev–Trinajstić information content (AvgIpc) is 2.96. The lowest BCUT2D eigenvalue weighted by atomic mass is 10.3. The minimum absolute atomic E-state index is 0.258. The zero-order valence-electron chi connectivity index (χ0n) is 12.4. The minimum atomic E-state index is -0.397. The van der Waals surface area contributed by atoms with Gasteiger partial charge in [0, 0.05) is 11.4 Å². The Morgan fingerprint density at radius 1 is 1.09 bits per heavy atom. The van der Waals surface area contributed by atoms with Crippen LogP contribution in [0, 0.1) is 0 Å². The van der Waals surface area contributed by atoms with Crippen molar-refractivity contribution in [3.63, 3.8) is 0 Å². The summed E-state index contributed by atoms with van der Waals surface area (Å²) in [6.07, 6.45) is -0.768. The SMILES string of the molecule is O=C(NCC1CN(c2ccccc2)C(=O)O1)Nc1ccccc1. The summed E-state index contributed by atoms with van der Waals surface area (Å²) in [6, 6.07) is 18.1. The fourth-order valence-corrected chi connectivity index (χ4v) is 2.35. The van der Waals surface area contributed by atoms with Crippen LogP contribution >= 0.6 is 0 Å². The minimum Gasteiger partial charge on any atom is -0.442 e. The van der Waals surface area contributed by atoms with Crippen molar-refractivity contribution < 1.29 is 14.3 Å². The molecule has 0 radical (unpaired) electrons. The highest BCUT2D eigenvalue weighted by molar-refractivity contribution is 5.90. The predicted molar refractivity (Wildman–Crippen MR) is 87.5 cm³/mol. The van der Waals surface area contributed by atoms with Gasteiger partial charge in [-0.05, 0) is 24.3 Å². The fourth-order valence-electron chi connectivity index (χ4n) is 2.35. The number of anilines is 2. The van der Waals surface area contributed by atoms with Crippen LogP contribution in [0.5, 0.6) is 0 Å². The van der Waals surface area contributed by atoms with Crippen molar-refractivity contribution >= 4 is 23.5 Å². The van der Waals surface area contributed by atoms with Crippen LogP contribution in [-0.2, 0) is 4.74 Å². The number of amides is 3. The lowest BCUT2D eigenvalue weighted by molar-refractivity contribution is 0.141. The summed E-state index contributed by atoms with van der Waals surface area (Å²) < 4.78 is 5.27. The van der Waals surface area contributed by atoms with Crippen LogP contribution in [0.2, 0.25) is 0 Å². The molecule has 1 atom stereocenters. The normalized spacial score (nSPS) is 16.8. The van der Waals surface area contributed by atoms with Crippen molar-refractivity contribution in [3.8, 4) is 0 Å². The molecule has 118 valence electrons. The Labute approximate surface area is 134 Å². The van der Waals surface area contributed by atoms with Gasteiger partial charge in [-0.15, -0.1) is 0 Å². The molecule has 1 unspecified atom stereocenters. The van der Waals surface area contributed by atoms with E-state index in [4.69, 9.17) is 4.74 Å². The summed E-state index contributed by atoms with van der Waals surface area (Å²) in [5.41, 5.74) is 1.49. The van der Waals surface area contributed by atoms with E-state index in [-0.39, 0.29) is 18.7 Å². The topological polar surface area (TPSA) is 70.7 Å². The third-order valence-electron chi connectivity index (χ3n) is 3.46. The van der Waals surface area contributed by atoms with Crippen molar-refractivity contribution in [3.05, 3.63) is 60.7 Å². The molecule has 1 aliphatic rings. The van der Waals surface area contributed by atoms with Gasteiger partial charge >= 0.3 is 12.1 Å². The van der Waals surface area contributed by atoms with E-state index < -0.39 is 6.09 Å². The second-order valence-electron chi connectivity index (χ2n) is 5.15. The van der Waals surface area contributed by atoms with Gasteiger partial charge in [0.15, 0.2) is 0 Å². The maximum atomic E-state index is 11.9. The zero-order valence-corrected chi connectivity index (χ0v) is 12.4. The van der Waals surface area contributed by atoms with Gasteiger partial charge in [0.05, 0.1) is 13.1 Å². The molecule has 0 bridgehead atoms. The number of benzene rings is 2. The lowest BCUT2D eigenvalue weighted by Gasteiger charge is -2.13. The molecule has 2 N–H and O–H groups in total. The monoisotopic (exact) mass is 311 g/mol. The van der Waals surface area contributed by atoms with E-state index in [2.05, 4.69) is 10.6 Å². The number of para-hydroxylation sites is 2. The Morgan fingerprint density at radius 3 is 2.43 bits per heavy atom. The van der Waals surface area contributed by atoms with E-state index in [1.807, 2.05) is 48.5 Å². The van der Waals surface area contributed by atoms with Gasteiger partial charge in [0.25, 0.3) is 0 Å². The molecule has 1 fully saturated rings. The fraction of sp³-hybridized carbons (Fsp3) is 0.176. The highest BCUT2D eigenvalue weighted by Crippen LogP contribution is 2.20. The molecule has 2 aromatic rings. The molecule has 3 amide bonds. The number of ether oxygens (including phenoxy) is 1. The largest absolute Gasteiger partial charge is 0.442 e. The van der Waals surface area contributed by atoms with Crippen LogP contribution in [0.15, 0.2) is 60.7 Å². The first-order chi connectivity index (χ1) is 11.2. The first kappa shape index (κ1) is 14.9. The Kier molecular flexibility index (Phi) is 4.42. The number of nitrogens with one attached hydrogen (secondary N) is 2. The molecule has 0 aliphatic carbocycles. The Bertz CT molecular complexity index is 676. The molecular formula is C17H17N3O3. The molecular weight excluding hydrogens is 294 g/mol. The van der Waals surface area contributed by atoms with Gasteiger partial charge in [-0.25, -0.2) is 9.59 Å². The standard InChI is InChI=1S/C17H17N3O3/c21-16(19-13-7-3-1-4-8-13)18-11-15-12-20(17(22)23-15)14-9-5-2-6-10-14/h1-10,15H,11-12H2,(H2,18,19,21). The van der Waals surface area contributed by atoms with E-state index in [0.29, 0.717) is 12.2 Å². The number of rotatable bonds is 4. The van der Waals surface area contributed by atoms with Crippen LogP contribution in [-0.4, -0.2) is 31.3 Å². The third-order valence-corrected chi connectivity index (χ3v) is 3.46. The molecule has 1 saturated heterocycles. The van der Waals surface area contributed by atoms with Crippen molar-refractivity contribution in [2.75, 3.05) is 23.3 Å². The molecule has 23 heavy (non-hydrogen) atoms. The molecule has 6 nitrogen and oxygen atoms in total. The van der Waals surface area contributed by atoms with Gasteiger partial charge in [-0.1, -0.05) is 36.4 Å². The number of urea groups is 1. The Morgan fingerprint density at radius 2 is 1.74 bits per heavy atom.